The Kier molecular flexibility index (Phi) is 4.30. The smallest absolute Gasteiger partial charge is 0.230 e. The number of fused-ring (bicyclic) bond motifs is 1. The molecule has 3 rings (SSSR count). The summed E-state index contributed by atoms with van der Waals surface area (Å²) in [6, 6.07) is 2.32. The SMILES string of the molecule is Cl.N[C@H]1CCN(C(=O)C2CCCc3sccc32)C1. The first kappa shape index (κ1) is 13.8. The second-order valence-corrected chi connectivity index (χ2v) is 6.08. The molecule has 1 fully saturated rings. The van der Waals surface area contributed by atoms with Crippen LogP contribution in [0.15, 0.2) is 11.4 Å². The van der Waals surface area contributed by atoms with E-state index in [1.165, 1.54) is 10.4 Å². The first-order valence-corrected chi connectivity index (χ1v) is 7.24. The van der Waals surface area contributed by atoms with Gasteiger partial charge in [-0.15, -0.1) is 23.7 Å². The third-order valence-corrected chi connectivity index (χ3v) is 4.88. The number of rotatable bonds is 1. The number of hydrogen-bond acceptors (Lipinski definition) is 3. The number of nitrogens with zero attached hydrogens (tertiary/aromatic N) is 1. The Bertz CT molecular complexity index is 434. The van der Waals surface area contributed by atoms with Crippen LogP contribution in [0.4, 0.5) is 0 Å². The number of nitrogens with two attached hydrogens (primary N) is 1. The molecule has 0 radical (unpaired) electrons. The van der Waals surface area contributed by atoms with Gasteiger partial charge in [-0.05, 0) is 42.7 Å². The molecule has 3 nitrogen and oxygen atoms in total. The Morgan fingerprint density at radius 1 is 1.44 bits per heavy atom. The number of halogens is 1. The number of likely N-dealkylation sites (tertiary alicyclic amines) is 1. The largest absolute Gasteiger partial charge is 0.341 e. The van der Waals surface area contributed by atoms with Gasteiger partial charge in [-0.1, -0.05) is 0 Å². The summed E-state index contributed by atoms with van der Waals surface area (Å²) < 4.78 is 0. The predicted molar refractivity (Wildman–Crippen MR) is 76.4 cm³/mol. The van der Waals surface area contributed by atoms with Gasteiger partial charge in [-0.2, -0.15) is 0 Å². The highest BCUT2D eigenvalue weighted by Gasteiger charge is 2.33. The lowest BCUT2D eigenvalue weighted by molar-refractivity contribution is -0.132. The van der Waals surface area contributed by atoms with Crippen molar-refractivity contribution in [1.82, 2.24) is 4.90 Å². The van der Waals surface area contributed by atoms with Gasteiger partial charge in [0, 0.05) is 24.0 Å². The molecule has 5 heteroatoms. The van der Waals surface area contributed by atoms with Crippen molar-refractivity contribution < 1.29 is 4.79 Å². The van der Waals surface area contributed by atoms with Crippen molar-refractivity contribution >= 4 is 29.7 Å². The molecule has 18 heavy (non-hydrogen) atoms. The molecule has 1 saturated heterocycles. The maximum absolute atomic E-state index is 12.5. The van der Waals surface area contributed by atoms with Crippen LogP contribution in [0.5, 0.6) is 0 Å². The summed E-state index contributed by atoms with van der Waals surface area (Å²) in [5.74, 6) is 0.410. The summed E-state index contributed by atoms with van der Waals surface area (Å²) >= 11 is 1.79. The predicted octanol–water partition coefficient (Wildman–Crippen LogP) is 2.15. The third kappa shape index (κ3) is 2.42. The first-order valence-electron chi connectivity index (χ1n) is 6.36. The number of thiophene rings is 1. The minimum atomic E-state index is 0. The highest BCUT2D eigenvalue weighted by molar-refractivity contribution is 7.10. The van der Waals surface area contributed by atoms with Crippen LogP contribution >= 0.6 is 23.7 Å². The average molecular weight is 287 g/mol. The van der Waals surface area contributed by atoms with Gasteiger partial charge in [-0.25, -0.2) is 0 Å². The Morgan fingerprint density at radius 2 is 2.28 bits per heavy atom. The molecule has 1 aromatic rings. The summed E-state index contributed by atoms with van der Waals surface area (Å²) in [4.78, 5) is 15.9. The number of carbonyl (C=O) groups is 1. The first-order chi connectivity index (χ1) is 8.25. The zero-order valence-corrected chi connectivity index (χ0v) is 11.9. The molecular weight excluding hydrogens is 268 g/mol. The highest BCUT2D eigenvalue weighted by Crippen LogP contribution is 2.36. The fourth-order valence-electron chi connectivity index (χ4n) is 2.95. The molecule has 1 amide bonds. The van der Waals surface area contributed by atoms with E-state index in [1.807, 2.05) is 4.90 Å². The van der Waals surface area contributed by atoms with Gasteiger partial charge in [0.2, 0.25) is 5.91 Å². The Hall–Kier alpha value is -0.580. The number of amides is 1. The van der Waals surface area contributed by atoms with Crippen LogP contribution < -0.4 is 5.73 Å². The van der Waals surface area contributed by atoms with Crippen molar-refractivity contribution in [2.75, 3.05) is 13.1 Å². The fraction of sp³-hybridized carbons (Fsp3) is 0.615. The van der Waals surface area contributed by atoms with Crippen molar-refractivity contribution in [3.8, 4) is 0 Å². The van der Waals surface area contributed by atoms with Gasteiger partial charge in [0.25, 0.3) is 0 Å². The summed E-state index contributed by atoms with van der Waals surface area (Å²) in [6.45, 7) is 1.59. The highest BCUT2D eigenvalue weighted by atomic mass is 35.5. The molecule has 2 N–H and O–H groups in total. The van der Waals surface area contributed by atoms with Gasteiger partial charge in [0.1, 0.15) is 0 Å². The van der Waals surface area contributed by atoms with E-state index < -0.39 is 0 Å². The van der Waals surface area contributed by atoms with E-state index in [1.54, 1.807) is 11.3 Å². The lowest BCUT2D eigenvalue weighted by atomic mass is 9.87. The molecule has 1 unspecified atom stereocenters. The maximum Gasteiger partial charge on any atom is 0.230 e. The van der Waals surface area contributed by atoms with Crippen LogP contribution in [0.1, 0.15) is 35.6 Å². The molecule has 100 valence electrons. The standard InChI is InChI=1S/C13H18N2OS.ClH/c14-9-4-6-15(8-9)13(16)11-2-1-3-12-10(11)5-7-17-12;/h5,7,9,11H,1-4,6,8,14H2;1H/t9-,11?;/m0./s1. The number of aryl methyl sites for hydroxylation is 1. The van der Waals surface area contributed by atoms with Crippen molar-refractivity contribution in [1.29, 1.82) is 0 Å². The second kappa shape index (κ2) is 5.59. The molecule has 0 aromatic carbocycles. The summed E-state index contributed by atoms with van der Waals surface area (Å²) in [6.07, 6.45) is 4.25. The quantitative estimate of drug-likeness (QED) is 0.860. The van der Waals surface area contributed by atoms with Gasteiger partial charge >= 0.3 is 0 Å². The van der Waals surface area contributed by atoms with Crippen LogP contribution in [0.25, 0.3) is 0 Å². The maximum atomic E-state index is 12.5. The van der Waals surface area contributed by atoms with Crippen LogP contribution in [0.2, 0.25) is 0 Å². The molecule has 0 bridgehead atoms. The summed E-state index contributed by atoms with van der Waals surface area (Å²) in [5, 5.41) is 2.12. The lowest BCUT2D eigenvalue weighted by Gasteiger charge is -2.26. The molecule has 0 spiro atoms. The van der Waals surface area contributed by atoms with E-state index in [0.29, 0.717) is 5.91 Å². The lowest BCUT2D eigenvalue weighted by Crippen LogP contribution is -2.36. The van der Waals surface area contributed by atoms with Crippen LogP contribution in [-0.4, -0.2) is 29.9 Å². The minimum absolute atomic E-state index is 0. The topological polar surface area (TPSA) is 46.3 Å². The van der Waals surface area contributed by atoms with Crippen LogP contribution in [-0.2, 0) is 11.2 Å². The molecule has 1 aliphatic carbocycles. The van der Waals surface area contributed by atoms with E-state index in [-0.39, 0.29) is 24.4 Å². The van der Waals surface area contributed by atoms with Crippen molar-refractivity contribution in [3.63, 3.8) is 0 Å². The number of carbonyl (C=O) groups excluding carboxylic acids is 1. The van der Waals surface area contributed by atoms with Crippen LogP contribution in [0.3, 0.4) is 0 Å². The van der Waals surface area contributed by atoms with Crippen molar-refractivity contribution in [2.24, 2.45) is 5.73 Å². The van der Waals surface area contributed by atoms with E-state index in [4.69, 9.17) is 5.73 Å². The minimum Gasteiger partial charge on any atom is -0.341 e. The normalized spacial score (nSPS) is 26.6. The van der Waals surface area contributed by atoms with Gasteiger partial charge in [0.15, 0.2) is 0 Å². The molecule has 2 aliphatic rings. The zero-order valence-electron chi connectivity index (χ0n) is 10.3. The van der Waals surface area contributed by atoms with Crippen LogP contribution in [0, 0.1) is 0 Å². The molecule has 2 atom stereocenters. The second-order valence-electron chi connectivity index (χ2n) is 5.08. The van der Waals surface area contributed by atoms with Gasteiger partial charge < -0.3 is 10.6 Å². The Balaban J connectivity index is 0.00000120. The Labute approximate surface area is 118 Å². The monoisotopic (exact) mass is 286 g/mol. The zero-order chi connectivity index (χ0) is 11.8. The van der Waals surface area contributed by atoms with E-state index in [9.17, 15) is 4.79 Å². The number of hydrogen-bond donors (Lipinski definition) is 1. The van der Waals surface area contributed by atoms with Crippen molar-refractivity contribution in [2.45, 2.75) is 37.6 Å². The molecule has 2 heterocycles. The molecular formula is C13H19ClN2OS. The van der Waals surface area contributed by atoms with E-state index >= 15 is 0 Å². The Morgan fingerprint density at radius 3 is 3.00 bits per heavy atom. The van der Waals surface area contributed by atoms with Gasteiger partial charge in [0.05, 0.1) is 5.92 Å². The van der Waals surface area contributed by atoms with E-state index in [2.05, 4.69) is 11.4 Å². The third-order valence-electron chi connectivity index (χ3n) is 3.89. The molecule has 0 saturated carbocycles. The summed E-state index contributed by atoms with van der Waals surface area (Å²) in [5.41, 5.74) is 7.16. The average Bonchev–Trinajstić information content (AvgIpc) is 2.95. The van der Waals surface area contributed by atoms with E-state index in [0.717, 1.165) is 38.8 Å². The van der Waals surface area contributed by atoms with Crippen molar-refractivity contribution in [3.05, 3.63) is 21.9 Å². The molecule has 1 aliphatic heterocycles. The molecule has 1 aromatic heterocycles. The van der Waals surface area contributed by atoms with Gasteiger partial charge in [-0.3, -0.25) is 4.79 Å². The summed E-state index contributed by atoms with van der Waals surface area (Å²) in [7, 11) is 0. The fourth-order valence-corrected chi connectivity index (χ4v) is 3.94.